The maximum absolute atomic E-state index is 11.5. The van der Waals surface area contributed by atoms with Crippen molar-refractivity contribution in [3.05, 3.63) is 12.4 Å². The average Bonchev–Trinajstić information content (AvgIpc) is 2.84. The van der Waals surface area contributed by atoms with Crippen molar-refractivity contribution in [2.24, 2.45) is 5.92 Å². The molecule has 0 fully saturated rings. The van der Waals surface area contributed by atoms with Crippen molar-refractivity contribution < 1.29 is 14.7 Å². The number of aryl methyl sites for hydroxylation is 1. The molecule has 18 heavy (non-hydrogen) atoms. The van der Waals surface area contributed by atoms with Gasteiger partial charge in [0.25, 0.3) is 0 Å². The van der Waals surface area contributed by atoms with E-state index < -0.39 is 5.97 Å². The van der Waals surface area contributed by atoms with Gasteiger partial charge in [0, 0.05) is 25.6 Å². The molecule has 1 amide bonds. The summed E-state index contributed by atoms with van der Waals surface area (Å²) in [5, 5.41) is 18.7. The molecule has 0 aliphatic rings. The van der Waals surface area contributed by atoms with Crippen LogP contribution in [-0.4, -0.2) is 38.5 Å². The smallest absolute Gasteiger partial charge is 0.303 e. The van der Waals surface area contributed by atoms with Gasteiger partial charge in [0.15, 0.2) is 0 Å². The summed E-state index contributed by atoms with van der Waals surface area (Å²) in [5.74, 6) is -0.705. The van der Waals surface area contributed by atoms with Crippen LogP contribution < -0.4 is 5.32 Å². The molecule has 7 nitrogen and oxygen atoms in total. The monoisotopic (exact) mass is 254 g/mol. The third-order valence-corrected chi connectivity index (χ3v) is 2.54. The zero-order valence-corrected chi connectivity index (χ0v) is 10.4. The number of amides is 1. The van der Waals surface area contributed by atoms with Crippen molar-refractivity contribution in [3.63, 3.8) is 0 Å². The molecule has 0 saturated carbocycles. The molecule has 100 valence electrons. The molecule has 0 bridgehead atoms. The molecule has 0 radical (unpaired) electrons. The van der Waals surface area contributed by atoms with Crippen LogP contribution in [0.4, 0.5) is 0 Å². The first-order chi connectivity index (χ1) is 8.58. The number of aliphatic carboxylic acids is 1. The number of carbonyl (C=O) groups is 2. The van der Waals surface area contributed by atoms with Crippen molar-refractivity contribution >= 4 is 11.9 Å². The van der Waals surface area contributed by atoms with Gasteiger partial charge in [-0.05, 0) is 12.3 Å². The van der Waals surface area contributed by atoms with Gasteiger partial charge >= 0.3 is 5.97 Å². The van der Waals surface area contributed by atoms with Gasteiger partial charge in [0.05, 0.1) is 12.7 Å². The van der Waals surface area contributed by atoms with Crippen molar-refractivity contribution in [1.29, 1.82) is 0 Å². The van der Waals surface area contributed by atoms with Crippen LogP contribution in [0.2, 0.25) is 0 Å². The summed E-state index contributed by atoms with van der Waals surface area (Å²) in [6.45, 7) is 2.92. The van der Waals surface area contributed by atoms with Gasteiger partial charge in [-0.15, -0.1) is 5.10 Å². The van der Waals surface area contributed by atoms with Crippen LogP contribution in [0.3, 0.4) is 0 Å². The largest absolute Gasteiger partial charge is 0.481 e. The summed E-state index contributed by atoms with van der Waals surface area (Å²) < 4.78 is 1.59. The topological polar surface area (TPSA) is 97.1 Å². The van der Waals surface area contributed by atoms with Crippen LogP contribution in [-0.2, 0) is 16.1 Å². The lowest BCUT2D eigenvalue weighted by Gasteiger charge is -2.11. The van der Waals surface area contributed by atoms with E-state index in [1.807, 2.05) is 6.92 Å². The predicted octanol–water partition coefficient (Wildman–Crippen LogP) is 0.285. The highest BCUT2D eigenvalue weighted by atomic mass is 16.4. The minimum atomic E-state index is -0.806. The lowest BCUT2D eigenvalue weighted by atomic mass is 10.1. The minimum Gasteiger partial charge on any atom is -0.481 e. The van der Waals surface area contributed by atoms with Crippen LogP contribution in [0.15, 0.2) is 12.4 Å². The van der Waals surface area contributed by atoms with E-state index in [9.17, 15) is 9.59 Å². The standard InChI is InChI=1S/C11H18N4O3/c1-9(2-3-11(17)18)8-12-10(16)4-6-15-7-5-13-14-15/h5,7,9H,2-4,6,8H2,1H3,(H,12,16)(H,17,18). The van der Waals surface area contributed by atoms with Crippen LogP contribution in [0.5, 0.6) is 0 Å². The second-order valence-electron chi connectivity index (χ2n) is 4.26. The van der Waals surface area contributed by atoms with Gasteiger partial charge in [-0.2, -0.15) is 0 Å². The summed E-state index contributed by atoms with van der Waals surface area (Å²) >= 11 is 0. The molecule has 0 saturated heterocycles. The number of hydrogen-bond donors (Lipinski definition) is 2. The highest BCUT2D eigenvalue weighted by Crippen LogP contribution is 2.03. The number of carboxylic acid groups (broad SMARTS) is 1. The van der Waals surface area contributed by atoms with E-state index >= 15 is 0 Å². The Hall–Kier alpha value is -1.92. The van der Waals surface area contributed by atoms with Crippen molar-refractivity contribution in [2.75, 3.05) is 6.54 Å². The highest BCUT2D eigenvalue weighted by Gasteiger charge is 2.08. The number of nitrogens with one attached hydrogen (secondary N) is 1. The molecule has 1 rings (SSSR count). The zero-order chi connectivity index (χ0) is 13.4. The summed E-state index contributed by atoms with van der Waals surface area (Å²) in [4.78, 5) is 21.9. The number of carbonyl (C=O) groups excluding carboxylic acids is 1. The molecule has 7 heteroatoms. The molecule has 1 aromatic rings. The van der Waals surface area contributed by atoms with E-state index in [-0.39, 0.29) is 18.2 Å². The van der Waals surface area contributed by atoms with Crippen molar-refractivity contribution in [2.45, 2.75) is 32.7 Å². The molecule has 1 heterocycles. The Bertz CT molecular complexity index is 378. The second-order valence-corrected chi connectivity index (χ2v) is 4.26. The fourth-order valence-electron chi connectivity index (χ4n) is 1.42. The minimum absolute atomic E-state index is 0.0623. The second kappa shape index (κ2) is 7.41. The third-order valence-electron chi connectivity index (χ3n) is 2.54. The number of rotatable bonds is 8. The maximum Gasteiger partial charge on any atom is 0.303 e. The normalized spacial score (nSPS) is 12.1. The Morgan fingerprint density at radius 2 is 2.22 bits per heavy atom. The van der Waals surface area contributed by atoms with Crippen LogP contribution >= 0.6 is 0 Å². The van der Waals surface area contributed by atoms with Gasteiger partial charge in [-0.25, -0.2) is 0 Å². The fourth-order valence-corrected chi connectivity index (χ4v) is 1.42. The molecule has 0 spiro atoms. The molecule has 1 aromatic heterocycles. The fraction of sp³-hybridized carbons (Fsp3) is 0.636. The van der Waals surface area contributed by atoms with E-state index in [2.05, 4.69) is 15.6 Å². The molecule has 1 unspecified atom stereocenters. The van der Waals surface area contributed by atoms with Crippen LogP contribution in [0.1, 0.15) is 26.2 Å². The highest BCUT2D eigenvalue weighted by molar-refractivity contribution is 5.75. The summed E-state index contributed by atoms with van der Waals surface area (Å²) in [6.07, 6.45) is 4.30. The Kier molecular flexibility index (Phi) is 5.83. The third kappa shape index (κ3) is 5.97. The van der Waals surface area contributed by atoms with Gasteiger partial charge < -0.3 is 10.4 Å². The first kappa shape index (κ1) is 14.1. The van der Waals surface area contributed by atoms with Crippen molar-refractivity contribution in [1.82, 2.24) is 20.3 Å². The van der Waals surface area contributed by atoms with Crippen LogP contribution in [0, 0.1) is 5.92 Å². The molecular formula is C11H18N4O3. The van der Waals surface area contributed by atoms with Gasteiger partial charge in [-0.3, -0.25) is 14.3 Å². The number of hydrogen-bond acceptors (Lipinski definition) is 4. The van der Waals surface area contributed by atoms with Crippen LogP contribution in [0.25, 0.3) is 0 Å². The van der Waals surface area contributed by atoms with E-state index in [0.717, 1.165) is 0 Å². The Morgan fingerprint density at radius 3 is 2.83 bits per heavy atom. The SMILES string of the molecule is CC(CCC(=O)O)CNC(=O)CCn1ccnn1. The van der Waals surface area contributed by atoms with E-state index in [1.165, 1.54) is 0 Å². The first-order valence-corrected chi connectivity index (χ1v) is 5.90. The number of carboxylic acids is 1. The summed E-state index contributed by atoms with van der Waals surface area (Å²) in [5.41, 5.74) is 0. The van der Waals surface area contributed by atoms with E-state index in [0.29, 0.717) is 25.9 Å². The van der Waals surface area contributed by atoms with Crippen molar-refractivity contribution in [3.8, 4) is 0 Å². The quantitative estimate of drug-likeness (QED) is 0.694. The average molecular weight is 254 g/mol. The van der Waals surface area contributed by atoms with E-state index in [4.69, 9.17) is 5.11 Å². The van der Waals surface area contributed by atoms with E-state index in [1.54, 1.807) is 17.1 Å². The maximum atomic E-state index is 11.5. The number of aromatic nitrogens is 3. The molecule has 2 N–H and O–H groups in total. The Labute approximate surface area is 105 Å². The Balaban J connectivity index is 2.11. The molecule has 0 aliphatic heterocycles. The summed E-state index contributed by atoms with van der Waals surface area (Å²) in [6, 6.07) is 0. The molecule has 0 aromatic carbocycles. The molecular weight excluding hydrogens is 236 g/mol. The molecule has 0 aliphatic carbocycles. The molecule has 1 atom stereocenters. The summed E-state index contributed by atoms with van der Waals surface area (Å²) in [7, 11) is 0. The first-order valence-electron chi connectivity index (χ1n) is 5.90. The lowest BCUT2D eigenvalue weighted by molar-refractivity contribution is -0.137. The van der Waals surface area contributed by atoms with Gasteiger partial charge in [0.2, 0.25) is 5.91 Å². The Morgan fingerprint density at radius 1 is 1.44 bits per heavy atom. The number of nitrogens with zero attached hydrogens (tertiary/aromatic N) is 3. The zero-order valence-electron chi connectivity index (χ0n) is 10.4. The predicted molar refractivity (Wildman–Crippen MR) is 63.7 cm³/mol. The van der Waals surface area contributed by atoms with Gasteiger partial charge in [-0.1, -0.05) is 12.1 Å². The van der Waals surface area contributed by atoms with Gasteiger partial charge in [0.1, 0.15) is 0 Å². The lowest BCUT2D eigenvalue weighted by Crippen LogP contribution is -2.29.